The molecule has 106 valence electrons. The van der Waals surface area contributed by atoms with E-state index in [1.54, 1.807) is 32.9 Å². The van der Waals surface area contributed by atoms with Gasteiger partial charge in [0.25, 0.3) is 0 Å². The minimum Gasteiger partial charge on any atom is -0.495 e. The molecule has 1 aromatic rings. The number of aliphatic hydroxyl groups excluding tert-OH is 1. The van der Waals surface area contributed by atoms with Crippen molar-refractivity contribution in [3.63, 3.8) is 0 Å². The van der Waals surface area contributed by atoms with Crippen LogP contribution in [0.25, 0.3) is 0 Å². The van der Waals surface area contributed by atoms with Crippen molar-refractivity contribution in [2.45, 2.75) is 33.0 Å². The van der Waals surface area contributed by atoms with E-state index < -0.39 is 11.7 Å². The molecule has 1 aromatic carbocycles. The van der Waals surface area contributed by atoms with Gasteiger partial charge < -0.3 is 14.6 Å². The van der Waals surface area contributed by atoms with Crippen LogP contribution in [0.1, 0.15) is 26.3 Å². The van der Waals surface area contributed by atoms with Gasteiger partial charge in [0, 0.05) is 3.57 Å². The molecule has 0 unspecified atom stereocenters. The van der Waals surface area contributed by atoms with Crippen LogP contribution in [0.2, 0.25) is 0 Å². The van der Waals surface area contributed by atoms with E-state index in [2.05, 4.69) is 27.9 Å². The summed E-state index contributed by atoms with van der Waals surface area (Å²) >= 11 is 2.10. The molecular weight excluding hydrogens is 361 g/mol. The van der Waals surface area contributed by atoms with E-state index in [4.69, 9.17) is 9.47 Å². The lowest BCUT2D eigenvalue weighted by Crippen LogP contribution is -2.27. The number of methoxy groups -OCH3 is 1. The van der Waals surface area contributed by atoms with Crippen molar-refractivity contribution in [3.05, 3.63) is 21.3 Å². The van der Waals surface area contributed by atoms with Crippen LogP contribution in [0.5, 0.6) is 5.75 Å². The Kier molecular flexibility index (Phi) is 5.42. The van der Waals surface area contributed by atoms with Crippen LogP contribution in [-0.4, -0.2) is 23.9 Å². The number of rotatable bonds is 3. The number of aliphatic hydroxyl groups is 1. The number of hydrogen-bond donors (Lipinski definition) is 2. The predicted octanol–water partition coefficient (Wildman–Crippen LogP) is 3.14. The van der Waals surface area contributed by atoms with Gasteiger partial charge in [0.2, 0.25) is 0 Å². The van der Waals surface area contributed by atoms with Crippen LogP contribution in [-0.2, 0) is 11.3 Å². The first-order valence-electron chi connectivity index (χ1n) is 5.74. The molecule has 0 fully saturated rings. The first-order valence-corrected chi connectivity index (χ1v) is 6.82. The lowest BCUT2D eigenvalue weighted by Gasteiger charge is -2.20. The highest BCUT2D eigenvalue weighted by atomic mass is 127. The number of hydrogen-bond acceptors (Lipinski definition) is 4. The van der Waals surface area contributed by atoms with Gasteiger partial charge in [-0.15, -0.1) is 0 Å². The molecule has 0 aromatic heterocycles. The molecule has 0 aliphatic rings. The molecule has 0 atom stereocenters. The molecule has 0 bridgehead atoms. The van der Waals surface area contributed by atoms with Crippen molar-refractivity contribution < 1.29 is 19.4 Å². The lowest BCUT2D eigenvalue weighted by atomic mass is 10.2. The molecule has 0 aliphatic carbocycles. The maximum atomic E-state index is 11.7. The van der Waals surface area contributed by atoms with Gasteiger partial charge in [-0.1, -0.05) is 0 Å². The number of nitrogens with one attached hydrogen (secondary N) is 1. The predicted molar refractivity (Wildman–Crippen MR) is 81.5 cm³/mol. The minimum atomic E-state index is -0.569. The summed E-state index contributed by atoms with van der Waals surface area (Å²) in [5.74, 6) is 0.521. The van der Waals surface area contributed by atoms with Gasteiger partial charge in [-0.3, -0.25) is 5.32 Å². The average molecular weight is 379 g/mol. The monoisotopic (exact) mass is 379 g/mol. The number of ether oxygens (including phenoxy) is 2. The van der Waals surface area contributed by atoms with Crippen LogP contribution < -0.4 is 10.1 Å². The number of amides is 1. The third-order valence-electron chi connectivity index (χ3n) is 2.17. The second-order valence-corrected chi connectivity index (χ2v) is 6.09. The molecule has 1 rings (SSSR count). The maximum Gasteiger partial charge on any atom is 0.412 e. The first-order chi connectivity index (χ1) is 8.76. The Bertz CT molecular complexity index is 468. The summed E-state index contributed by atoms with van der Waals surface area (Å²) in [6, 6.07) is 3.42. The Morgan fingerprint density at radius 2 is 2.05 bits per heavy atom. The van der Waals surface area contributed by atoms with Crippen LogP contribution in [0, 0.1) is 3.57 Å². The lowest BCUT2D eigenvalue weighted by molar-refractivity contribution is 0.0635. The fourth-order valence-corrected chi connectivity index (χ4v) is 2.01. The minimum absolute atomic E-state index is 0.106. The second kappa shape index (κ2) is 6.42. The van der Waals surface area contributed by atoms with Gasteiger partial charge in [-0.25, -0.2) is 4.79 Å². The van der Waals surface area contributed by atoms with Crippen molar-refractivity contribution in [1.82, 2.24) is 0 Å². The molecule has 0 spiro atoms. The molecule has 0 heterocycles. The van der Waals surface area contributed by atoms with Crippen molar-refractivity contribution in [3.8, 4) is 5.75 Å². The summed E-state index contributed by atoms with van der Waals surface area (Å²) in [5, 5.41) is 11.9. The summed E-state index contributed by atoms with van der Waals surface area (Å²) in [4.78, 5) is 11.7. The van der Waals surface area contributed by atoms with Gasteiger partial charge in [-0.2, -0.15) is 0 Å². The Morgan fingerprint density at radius 3 is 2.53 bits per heavy atom. The van der Waals surface area contributed by atoms with Crippen molar-refractivity contribution in [1.29, 1.82) is 0 Å². The second-order valence-electron chi connectivity index (χ2n) is 4.93. The van der Waals surface area contributed by atoms with E-state index in [-0.39, 0.29) is 6.61 Å². The molecule has 6 heteroatoms. The van der Waals surface area contributed by atoms with Gasteiger partial charge in [0.15, 0.2) is 0 Å². The summed E-state index contributed by atoms with van der Waals surface area (Å²) in [5.41, 5.74) is 0.619. The highest BCUT2D eigenvalue weighted by Gasteiger charge is 2.18. The van der Waals surface area contributed by atoms with E-state index >= 15 is 0 Å². The van der Waals surface area contributed by atoms with Crippen LogP contribution in [0.3, 0.4) is 0 Å². The van der Waals surface area contributed by atoms with Gasteiger partial charge in [-0.05, 0) is 61.1 Å². The largest absolute Gasteiger partial charge is 0.495 e. The summed E-state index contributed by atoms with van der Waals surface area (Å²) in [7, 11) is 1.52. The van der Waals surface area contributed by atoms with Crippen LogP contribution in [0.4, 0.5) is 10.5 Å². The number of carbonyl (C=O) groups is 1. The van der Waals surface area contributed by atoms with Crippen LogP contribution in [0.15, 0.2) is 12.1 Å². The number of halogens is 1. The Balaban J connectivity index is 2.96. The normalized spacial score (nSPS) is 11.1. The summed E-state index contributed by atoms with van der Waals surface area (Å²) in [6.45, 7) is 5.26. The zero-order valence-electron chi connectivity index (χ0n) is 11.4. The van der Waals surface area contributed by atoms with Crippen LogP contribution >= 0.6 is 22.6 Å². The van der Waals surface area contributed by atoms with Gasteiger partial charge >= 0.3 is 6.09 Å². The van der Waals surface area contributed by atoms with Crippen molar-refractivity contribution >= 4 is 34.4 Å². The van der Waals surface area contributed by atoms with E-state index in [1.165, 1.54) is 7.11 Å². The molecule has 1 amide bonds. The summed E-state index contributed by atoms with van der Waals surface area (Å²) < 4.78 is 11.2. The van der Waals surface area contributed by atoms with Crippen molar-refractivity contribution in [2.24, 2.45) is 0 Å². The Hall–Kier alpha value is -1.02. The quantitative estimate of drug-likeness (QED) is 0.792. The molecule has 0 saturated heterocycles. The molecular formula is C13H18INO4. The molecule has 2 N–H and O–H groups in total. The molecule has 0 aliphatic heterocycles. The third-order valence-corrected chi connectivity index (χ3v) is 3.18. The highest BCUT2D eigenvalue weighted by Crippen LogP contribution is 2.30. The van der Waals surface area contributed by atoms with E-state index in [9.17, 15) is 9.90 Å². The van der Waals surface area contributed by atoms with Gasteiger partial charge in [0.1, 0.15) is 11.4 Å². The fraction of sp³-hybridized carbons (Fsp3) is 0.462. The number of benzene rings is 1. The standard InChI is InChI=1S/C13H18INO4/c1-13(2,3)19-12(17)15-10-5-8(7-16)9(14)6-11(10)18-4/h5-6,16H,7H2,1-4H3,(H,15,17). The number of carbonyl (C=O) groups excluding carboxylic acids is 1. The highest BCUT2D eigenvalue weighted by molar-refractivity contribution is 14.1. The zero-order valence-corrected chi connectivity index (χ0v) is 13.6. The molecule has 19 heavy (non-hydrogen) atoms. The Morgan fingerprint density at radius 1 is 1.42 bits per heavy atom. The van der Waals surface area contributed by atoms with E-state index in [1.807, 2.05) is 0 Å². The topological polar surface area (TPSA) is 67.8 Å². The first kappa shape index (κ1) is 16.0. The smallest absolute Gasteiger partial charge is 0.412 e. The Labute approximate surface area is 126 Å². The average Bonchev–Trinajstić information content (AvgIpc) is 2.28. The summed E-state index contributed by atoms with van der Waals surface area (Å²) in [6.07, 6.45) is -0.559. The maximum absolute atomic E-state index is 11.7. The van der Waals surface area contributed by atoms with Crippen molar-refractivity contribution in [2.75, 3.05) is 12.4 Å². The fourth-order valence-electron chi connectivity index (χ4n) is 1.40. The zero-order chi connectivity index (χ0) is 14.6. The third kappa shape index (κ3) is 4.87. The van der Waals surface area contributed by atoms with E-state index in [0.29, 0.717) is 17.0 Å². The molecule has 0 saturated carbocycles. The van der Waals surface area contributed by atoms with E-state index in [0.717, 1.165) is 3.57 Å². The molecule has 5 nitrogen and oxygen atoms in total. The number of anilines is 1. The van der Waals surface area contributed by atoms with Gasteiger partial charge in [0.05, 0.1) is 19.4 Å². The SMILES string of the molecule is COc1cc(I)c(CO)cc1NC(=O)OC(C)(C)C. The molecule has 0 radical (unpaired) electrons.